The fraction of sp³-hybridized carbons (Fsp3) is 0.259. The number of aliphatic hydroxyl groups is 1. The highest BCUT2D eigenvalue weighted by Gasteiger charge is 2.51. The highest BCUT2D eigenvalue weighted by molar-refractivity contribution is 7.99. The van der Waals surface area contributed by atoms with Gasteiger partial charge in [-0.3, -0.25) is 0 Å². The molecule has 1 N–H and O–H groups in total. The fourth-order valence-electron chi connectivity index (χ4n) is 3.71. The van der Waals surface area contributed by atoms with Gasteiger partial charge >= 0.3 is 11.9 Å². The van der Waals surface area contributed by atoms with E-state index in [0.717, 1.165) is 10.5 Å². The predicted molar refractivity (Wildman–Crippen MR) is 130 cm³/mol. The van der Waals surface area contributed by atoms with Crippen molar-refractivity contribution < 1.29 is 33.6 Å². The molecule has 35 heavy (non-hydrogen) atoms. The third kappa shape index (κ3) is 6.29. The number of esters is 2. The van der Waals surface area contributed by atoms with E-state index in [9.17, 15) is 14.7 Å². The van der Waals surface area contributed by atoms with Crippen LogP contribution in [0, 0.1) is 0 Å². The minimum atomic E-state index is -1.42. The number of aliphatic hydroxyl groups excluding tert-OH is 1. The van der Waals surface area contributed by atoms with E-state index in [1.165, 1.54) is 18.9 Å². The number of hydrogen-bond donors (Lipinski definition) is 1. The second-order valence-electron chi connectivity index (χ2n) is 7.87. The van der Waals surface area contributed by atoms with Crippen LogP contribution in [0.3, 0.4) is 0 Å². The molecule has 0 aliphatic carbocycles. The molecule has 0 spiro atoms. The van der Waals surface area contributed by atoms with Crippen LogP contribution in [0.15, 0.2) is 95.9 Å². The van der Waals surface area contributed by atoms with Gasteiger partial charge in [0.2, 0.25) is 0 Å². The summed E-state index contributed by atoms with van der Waals surface area (Å²) in [5, 5.41) is 11.1. The van der Waals surface area contributed by atoms with Crippen molar-refractivity contribution in [2.45, 2.75) is 41.4 Å². The number of carbonyl (C=O) groups is 2. The van der Waals surface area contributed by atoms with Crippen molar-refractivity contribution in [3.8, 4) is 0 Å². The summed E-state index contributed by atoms with van der Waals surface area (Å²) in [6.07, 6.45) is -4.81. The summed E-state index contributed by atoms with van der Waals surface area (Å²) in [5.41, 5.74) is 0.363. The van der Waals surface area contributed by atoms with Crippen LogP contribution in [0.2, 0.25) is 0 Å². The molecule has 0 bridgehead atoms. The number of ether oxygens (including phenoxy) is 4. The average Bonchev–Trinajstić information content (AvgIpc) is 2.91. The van der Waals surface area contributed by atoms with E-state index in [-0.39, 0.29) is 6.61 Å². The molecule has 0 radical (unpaired) electrons. The van der Waals surface area contributed by atoms with Crippen molar-refractivity contribution in [1.82, 2.24) is 0 Å². The molecule has 7 nitrogen and oxygen atoms in total. The maximum absolute atomic E-state index is 13.0. The highest BCUT2D eigenvalue weighted by atomic mass is 32.2. The lowest BCUT2D eigenvalue weighted by Crippen LogP contribution is -2.61. The quantitative estimate of drug-likeness (QED) is 0.473. The lowest BCUT2D eigenvalue weighted by atomic mass is 9.99. The van der Waals surface area contributed by atoms with E-state index in [2.05, 4.69) is 0 Å². The van der Waals surface area contributed by atoms with E-state index >= 15 is 0 Å². The standard InChI is InChI=1S/C27H26O7S/c1-31-26(30)23-21(28)22(32-17-18-11-5-2-6-12-18)24(33-25(29)19-13-7-3-8-14-19)27(34-23)35-20-15-9-4-10-16-20/h2-16,21-24,27-28H,17H2,1H3/t21-,22-,23?,24?,27?/m0/s1. The number of hydrogen-bond acceptors (Lipinski definition) is 8. The molecule has 8 heteroatoms. The lowest BCUT2D eigenvalue weighted by molar-refractivity contribution is -0.224. The predicted octanol–water partition coefficient (Wildman–Crippen LogP) is 3.85. The van der Waals surface area contributed by atoms with Crippen molar-refractivity contribution in [2.24, 2.45) is 0 Å². The second-order valence-corrected chi connectivity index (χ2v) is 9.04. The fourth-order valence-corrected chi connectivity index (χ4v) is 4.81. The molecular weight excluding hydrogens is 468 g/mol. The SMILES string of the molecule is COC(=O)C1OC(Sc2ccccc2)C(OC(=O)c2ccccc2)[C@@H](OCc2ccccc2)[C@@H]1O. The molecule has 3 aromatic carbocycles. The van der Waals surface area contributed by atoms with Crippen molar-refractivity contribution in [3.63, 3.8) is 0 Å². The first-order valence-corrected chi connectivity index (χ1v) is 12.0. The van der Waals surface area contributed by atoms with Crippen molar-refractivity contribution in [3.05, 3.63) is 102 Å². The minimum Gasteiger partial charge on any atom is -0.467 e. The molecule has 5 atom stereocenters. The zero-order chi connectivity index (χ0) is 24.6. The molecule has 3 unspecified atom stereocenters. The minimum absolute atomic E-state index is 0.137. The van der Waals surface area contributed by atoms with E-state index in [1.54, 1.807) is 30.3 Å². The maximum atomic E-state index is 13.0. The zero-order valence-electron chi connectivity index (χ0n) is 19.1. The summed E-state index contributed by atoms with van der Waals surface area (Å²) in [4.78, 5) is 26.3. The molecule has 1 heterocycles. The van der Waals surface area contributed by atoms with E-state index in [4.69, 9.17) is 18.9 Å². The Bertz CT molecular complexity index is 1090. The maximum Gasteiger partial charge on any atom is 0.338 e. The molecule has 0 amide bonds. The van der Waals surface area contributed by atoms with Crippen molar-refractivity contribution >= 4 is 23.7 Å². The Labute approximate surface area is 208 Å². The Balaban J connectivity index is 1.65. The van der Waals surface area contributed by atoms with Crippen LogP contribution >= 0.6 is 11.8 Å². The molecule has 1 saturated heterocycles. The van der Waals surface area contributed by atoms with Gasteiger partial charge in [0.15, 0.2) is 12.2 Å². The van der Waals surface area contributed by atoms with Gasteiger partial charge in [0.1, 0.15) is 17.6 Å². The molecule has 182 valence electrons. The Morgan fingerprint density at radius 2 is 1.49 bits per heavy atom. The normalized spacial score (nSPS) is 23.9. The molecule has 4 rings (SSSR count). The third-order valence-corrected chi connectivity index (χ3v) is 6.64. The second kappa shape index (κ2) is 12.0. The highest BCUT2D eigenvalue weighted by Crippen LogP contribution is 2.37. The Kier molecular flexibility index (Phi) is 8.54. The van der Waals surface area contributed by atoms with Crippen LogP contribution < -0.4 is 0 Å². The van der Waals surface area contributed by atoms with Crippen LogP contribution in [0.5, 0.6) is 0 Å². The van der Waals surface area contributed by atoms with Crippen molar-refractivity contribution in [2.75, 3.05) is 7.11 Å². The number of carbonyl (C=O) groups excluding carboxylic acids is 2. The first-order valence-electron chi connectivity index (χ1n) is 11.1. The number of methoxy groups -OCH3 is 1. The molecule has 1 aliphatic heterocycles. The topological polar surface area (TPSA) is 91.3 Å². The smallest absolute Gasteiger partial charge is 0.338 e. The monoisotopic (exact) mass is 494 g/mol. The first-order chi connectivity index (χ1) is 17.1. The third-order valence-electron chi connectivity index (χ3n) is 5.49. The first kappa shape index (κ1) is 24.9. The number of thioether (sulfide) groups is 1. The molecule has 1 aliphatic rings. The van der Waals surface area contributed by atoms with Gasteiger partial charge < -0.3 is 24.1 Å². The lowest BCUT2D eigenvalue weighted by Gasteiger charge is -2.42. The molecule has 0 aromatic heterocycles. The van der Waals surface area contributed by atoms with Crippen LogP contribution in [-0.2, 0) is 30.3 Å². The van der Waals surface area contributed by atoms with Crippen LogP contribution in [-0.4, -0.2) is 54.0 Å². The molecule has 3 aromatic rings. The number of rotatable bonds is 8. The van der Waals surface area contributed by atoms with Gasteiger partial charge in [0.25, 0.3) is 0 Å². The van der Waals surface area contributed by atoms with Gasteiger partial charge in [-0.1, -0.05) is 78.5 Å². The van der Waals surface area contributed by atoms with Gasteiger partial charge in [0.05, 0.1) is 19.3 Å². The summed E-state index contributed by atoms with van der Waals surface area (Å²) in [5.74, 6) is -1.33. The van der Waals surface area contributed by atoms with E-state index < -0.39 is 41.8 Å². The van der Waals surface area contributed by atoms with Gasteiger partial charge in [-0.2, -0.15) is 0 Å². The van der Waals surface area contributed by atoms with Gasteiger partial charge in [-0.25, -0.2) is 9.59 Å². The summed E-state index contributed by atoms with van der Waals surface area (Å²) in [7, 11) is 1.22. The van der Waals surface area contributed by atoms with E-state index in [0.29, 0.717) is 5.56 Å². The zero-order valence-corrected chi connectivity index (χ0v) is 19.9. The summed E-state index contributed by atoms with van der Waals surface area (Å²) in [6.45, 7) is 0.137. The van der Waals surface area contributed by atoms with Crippen LogP contribution in [0.1, 0.15) is 15.9 Å². The van der Waals surface area contributed by atoms with Gasteiger partial charge in [-0.05, 0) is 29.8 Å². The van der Waals surface area contributed by atoms with Gasteiger partial charge in [0, 0.05) is 4.90 Å². The Morgan fingerprint density at radius 1 is 0.886 bits per heavy atom. The molecule has 1 fully saturated rings. The molecular formula is C27H26O7S. The average molecular weight is 495 g/mol. The number of benzene rings is 3. The van der Waals surface area contributed by atoms with Crippen LogP contribution in [0.25, 0.3) is 0 Å². The van der Waals surface area contributed by atoms with Gasteiger partial charge in [-0.15, -0.1) is 0 Å². The van der Waals surface area contributed by atoms with Crippen LogP contribution in [0.4, 0.5) is 0 Å². The summed E-state index contributed by atoms with van der Waals surface area (Å²) in [6, 6.07) is 27.3. The largest absolute Gasteiger partial charge is 0.467 e. The van der Waals surface area contributed by atoms with E-state index in [1.807, 2.05) is 60.7 Å². The summed E-state index contributed by atoms with van der Waals surface area (Å²) < 4.78 is 22.8. The Morgan fingerprint density at radius 3 is 2.11 bits per heavy atom. The van der Waals surface area contributed by atoms with Crippen molar-refractivity contribution in [1.29, 1.82) is 0 Å². The summed E-state index contributed by atoms with van der Waals surface area (Å²) >= 11 is 1.27. The molecule has 0 saturated carbocycles. The Hall–Kier alpha value is -3.17.